The molecule has 0 radical (unpaired) electrons. The molecule has 1 saturated heterocycles. The number of sulfone groups is 1. The molecule has 1 fully saturated rings. The van der Waals surface area contributed by atoms with Crippen LogP contribution >= 0.6 is 11.6 Å². The third kappa shape index (κ3) is 3.95. The minimum Gasteiger partial charge on any atom is -0.307 e. The van der Waals surface area contributed by atoms with Crippen molar-refractivity contribution in [1.82, 2.24) is 9.78 Å². The standard InChI is InChI=1S/C20H18ClN3O3S/c21-16-8-6-15(7-9-16)20(25)22-19-12-18(14-4-2-1-3-5-14)23-24(19)17-10-11-28(26,27)13-17/h1-9,12,17H,10-11,13H2,(H,22,25)/t17-/m1/s1. The quantitative estimate of drug-likeness (QED) is 0.702. The predicted molar refractivity (Wildman–Crippen MR) is 109 cm³/mol. The maximum atomic E-state index is 12.7. The Labute approximate surface area is 168 Å². The van der Waals surface area contributed by atoms with Gasteiger partial charge in [-0.1, -0.05) is 41.9 Å². The Bertz CT molecular complexity index is 1110. The molecule has 1 aliphatic rings. The lowest BCUT2D eigenvalue weighted by molar-refractivity contribution is 0.102. The van der Waals surface area contributed by atoms with Crippen molar-refractivity contribution in [3.63, 3.8) is 0 Å². The lowest BCUT2D eigenvalue weighted by Gasteiger charge is -2.13. The third-order valence-electron chi connectivity index (χ3n) is 4.71. The highest BCUT2D eigenvalue weighted by Crippen LogP contribution is 2.30. The molecule has 1 atom stereocenters. The van der Waals surface area contributed by atoms with Gasteiger partial charge in [-0.25, -0.2) is 13.1 Å². The van der Waals surface area contributed by atoms with Crippen LogP contribution in [-0.4, -0.2) is 35.6 Å². The maximum Gasteiger partial charge on any atom is 0.256 e. The van der Waals surface area contributed by atoms with Gasteiger partial charge in [-0.05, 0) is 30.7 Å². The first-order valence-corrected chi connectivity index (χ1v) is 11.0. The SMILES string of the molecule is O=C(Nc1cc(-c2ccccc2)nn1[C@@H]1CCS(=O)(=O)C1)c1ccc(Cl)cc1. The first-order valence-electron chi connectivity index (χ1n) is 8.84. The van der Waals surface area contributed by atoms with Crippen LogP contribution in [0.5, 0.6) is 0 Å². The third-order valence-corrected chi connectivity index (χ3v) is 6.71. The van der Waals surface area contributed by atoms with E-state index in [1.54, 1.807) is 35.0 Å². The summed E-state index contributed by atoms with van der Waals surface area (Å²) in [6.07, 6.45) is 0.474. The van der Waals surface area contributed by atoms with Gasteiger partial charge in [0.2, 0.25) is 0 Å². The van der Waals surface area contributed by atoms with Crippen molar-refractivity contribution in [2.75, 3.05) is 16.8 Å². The zero-order valence-electron chi connectivity index (χ0n) is 14.9. The number of nitrogens with one attached hydrogen (secondary N) is 1. The normalized spacial score (nSPS) is 18.1. The van der Waals surface area contributed by atoms with Gasteiger partial charge in [-0.2, -0.15) is 5.10 Å². The lowest BCUT2D eigenvalue weighted by Crippen LogP contribution is -2.19. The number of aromatic nitrogens is 2. The van der Waals surface area contributed by atoms with E-state index in [1.165, 1.54) is 0 Å². The highest BCUT2D eigenvalue weighted by Gasteiger charge is 2.31. The number of rotatable bonds is 4. The van der Waals surface area contributed by atoms with Gasteiger partial charge in [0.25, 0.3) is 5.91 Å². The monoisotopic (exact) mass is 415 g/mol. The highest BCUT2D eigenvalue weighted by atomic mass is 35.5. The number of nitrogens with zero attached hydrogens (tertiary/aromatic N) is 2. The Morgan fingerprint density at radius 1 is 1.11 bits per heavy atom. The number of halogens is 1. The second-order valence-corrected chi connectivity index (χ2v) is 9.41. The first-order chi connectivity index (χ1) is 13.4. The molecule has 0 unspecified atom stereocenters. The van der Waals surface area contributed by atoms with Gasteiger partial charge in [-0.3, -0.25) is 4.79 Å². The van der Waals surface area contributed by atoms with Crippen molar-refractivity contribution in [2.24, 2.45) is 0 Å². The van der Waals surface area contributed by atoms with E-state index >= 15 is 0 Å². The summed E-state index contributed by atoms with van der Waals surface area (Å²) < 4.78 is 25.5. The summed E-state index contributed by atoms with van der Waals surface area (Å²) in [5, 5.41) is 8.02. The maximum absolute atomic E-state index is 12.7. The fourth-order valence-electron chi connectivity index (χ4n) is 3.27. The number of carbonyl (C=O) groups is 1. The molecule has 0 aliphatic carbocycles. The Morgan fingerprint density at radius 2 is 1.82 bits per heavy atom. The molecular weight excluding hydrogens is 398 g/mol. The Kier molecular flexibility index (Phi) is 4.95. The van der Waals surface area contributed by atoms with Crippen LogP contribution in [0.4, 0.5) is 5.82 Å². The van der Waals surface area contributed by atoms with Crippen molar-refractivity contribution in [3.8, 4) is 11.3 Å². The zero-order chi connectivity index (χ0) is 19.7. The number of anilines is 1. The van der Waals surface area contributed by atoms with Crippen LogP contribution in [0.1, 0.15) is 22.8 Å². The van der Waals surface area contributed by atoms with E-state index in [-0.39, 0.29) is 23.5 Å². The van der Waals surface area contributed by atoms with Gasteiger partial charge in [0.05, 0.1) is 23.2 Å². The topological polar surface area (TPSA) is 81.1 Å². The van der Waals surface area contributed by atoms with E-state index in [0.717, 1.165) is 5.56 Å². The molecule has 144 valence electrons. The summed E-state index contributed by atoms with van der Waals surface area (Å²) in [5.74, 6) is 0.314. The smallest absolute Gasteiger partial charge is 0.256 e. The highest BCUT2D eigenvalue weighted by molar-refractivity contribution is 7.91. The summed E-state index contributed by atoms with van der Waals surface area (Å²) in [5.41, 5.74) is 2.03. The first kappa shape index (κ1) is 18.7. The van der Waals surface area contributed by atoms with Crippen molar-refractivity contribution >= 4 is 33.2 Å². The van der Waals surface area contributed by atoms with Crippen molar-refractivity contribution in [3.05, 3.63) is 71.2 Å². The van der Waals surface area contributed by atoms with Crippen molar-refractivity contribution in [2.45, 2.75) is 12.5 Å². The summed E-state index contributed by atoms with van der Waals surface area (Å²) in [4.78, 5) is 12.7. The molecule has 1 amide bonds. The van der Waals surface area contributed by atoms with E-state index in [2.05, 4.69) is 10.4 Å². The van der Waals surface area contributed by atoms with E-state index in [4.69, 9.17) is 11.6 Å². The molecule has 3 aromatic rings. The number of hydrogen-bond donors (Lipinski definition) is 1. The molecule has 1 aliphatic heterocycles. The molecule has 28 heavy (non-hydrogen) atoms. The Morgan fingerprint density at radius 3 is 2.46 bits per heavy atom. The van der Waals surface area contributed by atoms with Gasteiger partial charge < -0.3 is 5.32 Å². The molecule has 2 heterocycles. The number of hydrogen-bond acceptors (Lipinski definition) is 4. The van der Waals surface area contributed by atoms with Gasteiger partial charge in [0.15, 0.2) is 9.84 Å². The van der Waals surface area contributed by atoms with Gasteiger partial charge >= 0.3 is 0 Å². The molecule has 0 spiro atoms. The van der Waals surface area contributed by atoms with Crippen LogP contribution in [0, 0.1) is 0 Å². The average Bonchev–Trinajstić information content (AvgIpc) is 3.26. The van der Waals surface area contributed by atoms with Crippen LogP contribution in [0.25, 0.3) is 11.3 Å². The summed E-state index contributed by atoms with van der Waals surface area (Å²) >= 11 is 5.88. The molecule has 2 aromatic carbocycles. The van der Waals surface area contributed by atoms with Crippen LogP contribution in [-0.2, 0) is 9.84 Å². The van der Waals surface area contributed by atoms with Gasteiger partial charge in [-0.15, -0.1) is 0 Å². The largest absolute Gasteiger partial charge is 0.307 e. The molecule has 4 rings (SSSR count). The van der Waals surface area contributed by atoms with E-state index in [0.29, 0.717) is 28.5 Å². The molecule has 8 heteroatoms. The summed E-state index contributed by atoms with van der Waals surface area (Å²) in [6.45, 7) is 0. The lowest BCUT2D eigenvalue weighted by atomic mass is 10.1. The molecule has 1 N–H and O–H groups in total. The van der Waals surface area contributed by atoms with Crippen LogP contribution in [0.15, 0.2) is 60.7 Å². The molecular formula is C20H18ClN3O3S. The Hall–Kier alpha value is -2.64. The van der Waals surface area contributed by atoms with E-state index in [1.807, 2.05) is 30.3 Å². The minimum absolute atomic E-state index is 0.0206. The summed E-state index contributed by atoms with van der Waals surface area (Å²) in [7, 11) is -3.09. The van der Waals surface area contributed by atoms with Crippen molar-refractivity contribution < 1.29 is 13.2 Å². The fraction of sp³-hybridized carbons (Fsp3) is 0.200. The predicted octanol–water partition coefficient (Wildman–Crippen LogP) is 3.82. The Balaban J connectivity index is 1.69. The van der Waals surface area contributed by atoms with Crippen LogP contribution in [0.2, 0.25) is 5.02 Å². The molecule has 6 nitrogen and oxygen atoms in total. The second-order valence-electron chi connectivity index (χ2n) is 6.74. The van der Waals surface area contributed by atoms with Crippen molar-refractivity contribution in [1.29, 1.82) is 0 Å². The molecule has 1 aromatic heterocycles. The van der Waals surface area contributed by atoms with Crippen LogP contribution < -0.4 is 5.32 Å². The summed E-state index contributed by atoms with van der Waals surface area (Å²) in [6, 6.07) is 17.6. The zero-order valence-corrected chi connectivity index (χ0v) is 16.4. The molecule has 0 bridgehead atoms. The number of amides is 1. The van der Waals surface area contributed by atoms with E-state index in [9.17, 15) is 13.2 Å². The van der Waals surface area contributed by atoms with Crippen LogP contribution in [0.3, 0.4) is 0 Å². The average molecular weight is 416 g/mol. The van der Waals surface area contributed by atoms with Gasteiger partial charge in [0, 0.05) is 22.2 Å². The van der Waals surface area contributed by atoms with E-state index < -0.39 is 9.84 Å². The number of benzene rings is 2. The fourth-order valence-corrected chi connectivity index (χ4v) is 5.09. The van der Waals surface area contributed by atoms with Gasteiger partial charge in [0.1, 0.15) is 5.82 Å². The second kappa shape index (κ2) is 7.41. The minimum atomic E-state index is -3.09. The molecule has 0 saturated carbocycles. The number of carbonyl (C=O) groups excluding carboxylic acids is 1.